The maximum atomic E-state index is 11.4. The average Bonchev–Trinajstić information content (AvgIpc) is 2.49. The molecule has 1 aliphatic rings. The van der Waals surface area contributed by atoms with Crippen molar-refractivity contribution in [3.05, 3.63) is 12.7 Å². The number of rotatable bonds is 3. The van der Waals surface area contributed by atoms with Crippen LogP contribution in [0.25, 0.3) is 0 Å². The highest BCUT2D eigenvalue weighted by Gasteiger charge is 2.46. The van der Waals surface area contributed by atoms with E-state index in [4.69, 9.17) is 5.73 Å². The lowest BCUT2D eigenvalue weighted by atomic mass is 9.87. The number of primary amides is 1. The van der Waals surface area contributed by atoms with Gasteiger partial charge in [-0.3, -0.25) is 9.59 Å². The van der Waals surface area contributed by atoms with Crippen LogP contribution in [0.15, 0.2) is 12.7 Å². The second-order valence-electron chi connectivity index (χ2n) is 3.82. The van der Waals surface area contributed by atoms with Gasteiger partial charge in [-0.15, -0.1) is 0 Å². The van der Waals surface area contributed by atoms with Gasteiger partial charge >= 0.3 is 0 Å². The number of nitrogens with two attached hydrogens (primary N) is 1. The molecule has 0 bridgehead atoms. The Morgan fingerprint density at radius 2 is 2.29 bits per heavy atom. The predicted octanol–water partition coefficient (Wildman–Crippen LogP) is 0.333. The van der Waals surface area contributed by atoms with Crippen LogP contribution in [0.2, 0.25) is 0 Å². The Morgan fingerprint density at radius 1 is 1.64 bits per heavy atom. The molecule has 0 aromatic carbocycles. The van der Waals surface area contributed by atoms with Gasteiger partial charge in [-0.2, -0.15) is 0 Å². The van der Waals surface area contributed by atoms with E-state index >= 15 is 0 Å². The summed E-state index contributed by atoms with van der Waals surface area (Å²) >= 11 is 0. The number of hydrogen-bond donors (Lipinski definition) is 2. The Labute approximate surface area is 83.5 Å². The monoisotopic (exact) mass is 196 g/mol. The lowest BCUT2D eigenvalue weighted by Gasteiger charge is -2.30. The zero-order valence-electron chi connectivity index (χ0n) is 8.38. The van der Waals surface area contributed by atoms with Crippen LogP contribution in [0, 0.1) is 5.92 Å². The van der Waals surface area contributed by atoms with Crippen molar-refractivity contribution < 1.29 is 9.59 Å². The van der Waals surface area contributed by atoms with Crippen molar-refractivity contribution in [3.63, 3.8) is 0 Å². The number of nitrogens with one attached hydrogen (secondary N) is 1. The molecule has 2 unspecified atom stereocenters. The molecule has 1 aliphatic carbocycles. The first-order valence-electron chi connectivity index (χ1n) is 4.77. The summed E-state index contributed by atoms with van der Waals surface area (Å²) < 4.78 is 0. The van der Waals surface area contributed by atoms with Gasteiger partial charge in [0, 0.05) is 0 Å². The molecule has 0 aliphatic heterocycles. The molecule has 4 heteroatoms. The summed E-state index contributed by atoms with van der Waals surface area (Å²) in [5.41, 5.74) is 4.48. The second-order valence-corrected chi connectivity index (χ2v) is 3.82. The molecule has 3 N–H and O–H groups in total. The van der Waals surface area contributed by atoms with E-state index in [1.54, 1.807) is 0 Å². The SMILES string of the molecule is C=CC(=O)NC1(C(N)=O)CCCC1C. The van der Waals surface area contributed by atoms with Crippen molar-refractivity contribution >= 4 is 11.8 Å². The van der Waals surface area contributed by atoms with Crippen LogP contribution in [0.4, 0.5) is 0 Å². The molecule has 0 spiro atoms. The highest BCUT2D eigenvalue weighted by molar-refractivity contribution is 5.95. The Morgan fingerprint density at radius 3 is 2.64 bits per heavy atom. The number of hydrogen-bond acceptors (Lipinski definition) is 2. The molecule has 1 rings (SSSR count). The molecule has 78 valence electrons. The van der Waals surface area contributed by atoms with Crippen LogP contribution in [-0.4, -0.2) is 17.4 Å². The molecule has 4 nitrogen and oxygen atoms in total. The van der Waals surface area contributed by atoms with E-state index in [-0.39, 0.29) is 11.8 Å². The molecular formula is C10H16N2O2. The van der Waals surface area contributed by atoms with Gasteiger partial charge in [-0.25, -0.2) is 0 Å². The molecule has 2 atom stereocenters. The third kappa shape index (κ3) is 1.64. The summed E-state index contributed by atoms with van der Waals surface area (Å²) in [6.45, 7) is 5.29. The zero-order valence-corrected chi connectivity index (χ0v) is 8.38. The first kappa shape index (κ1) is 10.8. The summed E-state index contributed by atoms with van der Waals surface area (Å²) in [4.78, 5) is 22.5. The third-order valence-electron chi connectivity index (χ3n) is 3.02. The van der Waals surface area contributed by atoms with Crippen molar-refractivity contribution in [3.8, 4) is 0 Å². The smallest absolute Gasteiger partial charge is 0.244 e. The summed E-state index contributed by atoms with van der Waals surface area (Å²) in [5, 5.41) is 2.66. The Hall–Kier alpha value is -1.32. The lowest BCUT2D eigenvalue weighted by Crippen LogP contribution is -2.58. The van der Waals surface area contributed by atoms with Crippen molar-refractivity contribution in [2.24, 2.45) is 11.7 Å². The Bertz CT molecular complexity index is 275. The van der Waals surface area contributed by atoms with Gasteiger partial charge in [-0.05, 0) is 24.8 Å². The van der Waals surface area contributed by atoms with Crippen molar-refractivity contribution in [2.45, 2.75) is 31.7 Å². The van der Waals surface area contributed by atoms with Crippen LogP contribution in [0.5, 0.6) is 0 Å². The average molecular weight is 196 g/mol. The van der Waals surface area contributed by atoms with Gasteiger partial charge in [0.05, 0.1) is 0 Å². The quantitative estimate of drug-likeness (QED) is 0.638. The molecule has 1 fully saturated rings. The van der Waals surface area contributed by atoms with E-state index in [9.17, 15) is 9.59 Å². The Balaban J connectivity index is 2.87. The Kier molecular flexibility index (Phi) is 2.93. The highest BCUT2D eigenvalue weighted by Crippen LogP contribution is 2.35. The third-order valence-corrected chi connectivity index (χ3v) is 3.02. The summed E-state index contributed by atoms with van der Waals surface area (Å²) in [6, 6.07) is 0. The van der Waals surface area contributed by atoms with Gasteiger partial charge in [0.25, 0.3) is 0 Å². The maximum Gasteiger partial charge on any atom is 0.244 e. The van der Waals surface area contributed by atoms with Crippen molar-refractivity contribution in [1.29, 1.82) is 0 Å². The van der Waals surface area contributed by atoms with E-state index in [0.717, 1.165) is 18.9 Å². The fourth-order valence-electron chi connectivity index (χ4n) is 2.06. The molecule has 1 saturated carbocycles. The van der Waals surface area contributed by atoms with Crippen LogP contribution in [0.3, 0.4) is 0 Å². The van der Waals surface area contributed by atoms with Gasteiger partial charge in [0.15, 0.2) is 0 Å². The summed E-state index contributed by atoms with van der Waals surface area (Å²) in [6.07, 6.45) is 3.63. The van der Waals surface area contributed by atoms with Crippen LogP contribution < -0.4 is 11.1 Å². The van der Waals surface area contributed by atoms with E-state index in [1.807, 2.05) is 6.92 Å². The van der Waals surface area contributed by atoms with Gasteiger partial charge in [0.1, 0.15) is 5.54 Å². The standard InChI is InChI=1S/C10H16N2O2/c1-3-8(13)12-10(9(11)14)6-4-5-7(10)2/h3,7H,1,4-6H2,2H3,(H2,11,14)(H,12,13). The second kappa shape index (κ2) is 3.82. The van der Waals surface area contributed by atoms with E-state index in [2.05, 4.69) is 11.9 Å². The van der Waals surface area contributed by atoms with Crippen LogP contribution in [0.1, 0.15) is 26.2 Å². The van der Waals surface area contributed by atoms with Gasteiger partial charge < -0.3 is 11.1 Å². The van der Waals surface area contributed by atoms with E-state index in [1.165, 1.54) is 0 Å². The minimum atomic E-state index is -0.856. The molecule has 0 heterocycles. The molecular weight excluding hydrogens is 180 g/mol. The summed E-state index contributed by atoms with van der Waals surface area (Å²) in [7, 11) is 0. The summed E-state index contributed by atoms with van der Waals surface area (Å²) in [5.74, 6) is -0.681. The normalized spacial score (nSPS) is 31.1. The molecule has 14 heavy (non-hydrogen) atoms. The predicted molar refractivity (Wildman–Crippen MR) is 53.3 cm³/mol. The minimum Gasteiger partial charge on any atom is -0.368 e. The number of carbonyl (C=O) groups excluding carboxylic acids is 2. The molecule has 0 aromatic heterocycles. The molecule has 0 radical (unpaired) electrons. The van der Waals surface area contributed by atoms with Gasteiger partial charge in [0.2, 0.25) is 11.8 Å². The van der Waals surface area contributed by atoms with Crippen molar-refractivity contribution in [1.82, 2.24) is 5.32 Å². The molecule has 0 aromatic rings. The van der Waals surface area contributed by atoms with E-state index in [0.29, 0.717) is 6.42 Å². The minimum absolute atomic E-state index is 0.101. The zero-order chi connectivity index (χ0) is 10.8. The number of carbonyl (C=O) groups is 2. The lowest BCUT2D eigenvalue weighted by molar-refractivity contribution is -0.130. The van der Waals surface area contributed by atoms with Crippen LogP contribution in [-0.2, 0) is 9.59 Å². The maximum absolute atomic E-state index is 11.4. The van der Waals surface area contributed by atoms with Gasteiger partial charge in [-0.1, -0.05) is 19.9 Å². The molecule has 2 amide bonds. The highest BCUT2D eigenvalue weighted by atomic mass is 16.2. The first-order chi connectivity index (χ1) is 6.53. The molecule has 0 saturated heterocycles. The number of amides is 2. The van der Waals surface area contributed by atoms with Crippen LogP contribution >= 0.6 is 0 Å². The fourth-order valence-corrected chi connectivity index (χ4v) is 2.06. The first-order valence-corrected chi connectivity index (χ1v) is 4.77. The largest absolute Gasteiger partial charge is 0.368 e. The van der Waals surface area contributed by atoms with Crippen molar-refractivity contribution in [2.75, 3.05) is 0 Å². The fraction of sp³-hybridized carbons (Fsp3) is 0.600. The topological polar surface area (TPSA) is 72.2 Å². The van der Waals surface area contributed by atoms with E-state index < -0.39 is 11.4 Å².